The average molecular weight is 289 g/mol. The van der Waals surface area contributed by atoms with Gasteiger partial charge in [-0.1, -0.05) is 18.2 Å². The molecule has 0 radical (unpaired) electrons. The third kappa shape index (κ3) is 4.20. The van der Waals surface area contributed by atoms with Crippen LogP contribution in [0.3, 0.4) is 0 Å². The van der Waals surface area contributed by atoms with Gasteiger partial charge in [0, 0.05) is 24.2 Å². The third-order valence-corrected chi connectivity index (χ3v) is 3.28. The van der Waals surface area contributed by atoms with Crippen LogP contribution in [0.1, 0.15) is 31.0 Å². The number of rotatable bonds is 6. The summed E-state index contributed by atoms with van der Waals surface area (Å²) in [7, 11) is 0. The molecular weight excluding hydrogens is 269 g/mol. The number of benzene rings is 2. The van der Waals surface area contributed by atoms with Gasteiger partial charge in [-0.2, -0.15) is 0 Å². The summed E-state index contributed by atoms with van der Waals surface area (Å²) >= 11 is 0. The molecule has 0 aromatic heterocycles. The summed E-state index contributed by atoms with van der Waals surface area (Å²) in [4.78, 5) is 0. The second-order valence-corrected chi connectivity index (χ2v) is 4.89. The van der Waals surface area contributed by atoms with Gasteiger partial charge in [0.1, 0.15) is 17.3 Å². The predicted molar refractivity (Wildman–Crippen MR) is 80.9 cm³/mol. The summed E-state index contributed by atoms with van der Waals surface area (Å²) in [6.07, 6.45) is 0. The normalized spacial score (nSPS) is 12.1. The molecule has 21 heavy (non-hydrogen) atoms. The molecule has 0 aliphatic heterocycles. The summed E-state index contributed by atoms with van der Waals surface area (Å²) < 4.78 is 18.4. The molecule has 1 atom stereocenters. The van der Waals surface area contributed by atoms with Gasteiger partial charge >= 0.3 is 0 Å². The van der Waals surface area contributed by atoms with E-state index in [4.69, 9.17) is 4.74 Å². The topological polar surface area (TPSA) is 41.5 Å². The lowest BCUT2D eigenvalue weighted by Gasteiger charge is -2.16. The molecule has 0 bridgehead atoms. The standard InChI is InChI=1S/C17H20FNO2/c1-3-21-15-6-4-5-13(9-15)11-19-12(2)16-8-7-14(18)10-17(16)20/h4-10,12,19-20H,3,11H2,1-2H3. The Bertz CT molecular complexity index is 601. The Hall–Kier alpha value is -2.07. The van der Waals surface area contributed by atoms with E-state index in [0.29, 0.717) is 18.7 Å². The van der Waals surface area contributed by atoms with Crippen molar-refractivity contribution in [1.82, 2.24) is 5.32 Å². The number of ether oxygens (including phenoxy) is 1. The van der Waals surface area contributed by atoms with Crippen LogP contribution >= 0.6 is 0 Å². The van der Waals surface area contributed by atoms with Gasteiger partial charge in [-0.25, -0.2) is 4.39 Å². The van der Waals surface area contributed by atoms with Gasteiger partial charge in [0.25, 0.3) is 0 Å². The Kier molecular flexibility index (Phi) is 5.17. The molecule has 2 aromatic rings. The van der Waals surface area contributed by atoms with Crippen LogP contribution < -0.4 is 10.1 Å². The summed E-state index contributed by atoms with van der Waals surface area (Å²) in [5.41, 5.74) is 1.77. The lowest BCUT2D eigenvalue weighted by molar-refractivity contribution is 0.339. The quantitative estimate of drug-likeness (QED) is 0.850. The van der Waals surface area contributed by atoms with Crippen LogP contribution in [0, 0.1) is 5.82 Å². The van der Waals surface area contributed by atoms with Gasteiger partial charge in [-0.3, -0.25) is 0 Å². The molecule has 112 valence electrons. The van der Waals surface area contributed by atoms with Gasteiger partial charge in [0.05, 0.1) is 6.61 Å². The molecule has 0 amide bonds. The van der Waals surface area contributed by atoms with Crippen molar-refractivity contribution in [3.8, 4) is 11.5 Å². The zero-order valence-corrected chi connectivity index (χ0v) is 12.3. The number of phenols is 1. The fraction of sp³-hybridized carbons (Fsp3) is 0.294. The number of nitrogens with one attached hydrogen (secondary N) is 1. The van der Waals surface area contributed by atoms with E-state index in [1.54, 1.807) is 6.07 Å². The van der Waals surface area contributed by atoms with Crippen LogP contribution in [0.4, 0.5) is 4.39 Å². The largest absolute Gasteiger partial charge is 0.508 e. The number of hydrogen-bond acceptors (Lipinski definition) is 3. The van der Waals surface area contributed by atoms with Crippen LogP contribution in [-0.4, -0.2) is 11.7 Å². The molecule has 4 heteroatoms. The first-order valence-corrected chi connectivity index (χ1v) is 7.03. The van der Waals surface area contributed by atoms with Crippen LogP contribution in [0.15, 0.2) is 42.5 Å². The molecule has 2 N–H and O–H groups in total. The monoisotopic (exact) mass is 289 g/mol. The van der Waals surface area contributed by atoms with Crippen molar-refractivity contribution in [2.75, 3.05) is 6.61 Å². The lowest BCUT2D eigenvalue weighted by Crippen LogP contribution is -2.18. The zero-order chi connectivity index (χ0) is 15.2. The number of halogens is 1. The van der Waals surface area contributed by atoms with Crippen molar-refractivity contribution in [2.24, 2.45) is 0 Å². The molecule has 0 aliphatic rings. The van der Waals surface area contributed by atoms with Crippen LogP contribution in [0.5, 0.6) is 11.5 Å². The molecule has 2 rings (SSSR count). The van der Waals surface area contributed by atoms with Gasteiger partial charge in [0.15, 0.2) is 0 Å². The Balaban J connectivity index is 2.00. The van der Waals surface area contributed by atoms with E-state index in [0.717, 1.165) is 17.4 Å². The van der Waals surface area contributed by atoms with E-state index in [1.165, 1.54) is 6.07 Å². The van der Waals surface area contributed by atoms with Gasteiger partial charge < -0.3 is 15.2 Å². The number of phenolic OH excluding ortho intramolecular Hbond substituents is 1. The van der Waals surface area contributed by atoms with Crippen molar-refractivity contribution in [3.63, 3.8) is 0 Å². The molecule has 2 aromatic carbocycles. The van der Waals surface area contributed by atoms with Gasteiger partial charge in [0.2, 0.25) is 0 Å². The first-order valence-electron chi connectivity index (χ1n) is 7.03. The highest BCUT2D eigenvalue weighted by Crippen LogP contribution is 2.25. The predicted octanol–water partition coefficient (Wildman–Crippen LogP) is 3.78. The third-order valence-electron chi connectivity index (χ3n) is 3.28. The SMILES string of the molecule is CCOc1cccc(CNC(C)c2ccc(F)cc2O)c1. The first kappa shape index (κ1) is 15.3. The van der Waals surface area contributed by atoms with Gasteiger partial charge in [-0.15, -0.1) is 0 Å². The Morgan fingerprint density at radius 2 is 2.05 bits per heavy atom. The second kappa shape index (κ2) is 7.09. The molecule has 0 heterocycles. The maximum absolute atomic E-state index is 13.0. The smallest absolute Gasteiger partial charge is 0.126 e. The fourth-order valence-electron chi connectivity index (χ4n) is 2.18. The van der Waals surface area contributed by atoms with Crippen molar-refractivity contribution in [3.05, 3.63) is 59.4 Å². The highest BCUT2D eigenvalue weighted by atomic mass is 19.1. The zero-order valence-electron chi connectivity index (χ0n) is 12.3. The van der Waals surface area contributed by atoms with E-state index >= 15 is 0 Å². The van der Waals surface area contributed by atoms with E-state index in [2.05, 4.69) is 5.32 Å². The summed E-state index contributed by atoms with van der Waals surface area (Å²) in [5.74, 6) is 0.375. The number of aromatic hydroxyl groups is 1. The van der Waals surface area contributed by atoms with Crippen molar-refractivity contribution < 1.29 is 14.2 Å². The highest BCUT2D eigenvalue weighted by Gasteiger charge is 2.10. The second-order valence-electron chi connectivity index (χ2n) is 4.89. The first-order chi connectivity index (χ1) is 10.1. The maximum atomic E-state index is 13.0. The van der Waals surface area contributed by atoms with E-state index in [1.807, 2.05) is 38.1 Å². The van der Waals surface area contributed by atoms with E-state index in [9.17, 15) is 9.50 Å². The van der Waals surface area contributed by atoms with E-state index < -0.39 is 5.82 Å². The molecular formula is C17H20FNO2. The number of hydrogen-bond donors (Lipinski definition) is 2. The minimum Gasteiger partial charge on any atom is -0.508 e. The van der Waals surface area contributed by atoms with Crippen molar-refractivity contribution in [1.29, 1.82) is 0 Å². The lowest BCUT2D eigenvalue weighted by atomic mass is 10.1. The Morgan fingerprint density at radius 1 is 1.24 bits per heavy atom. The van der Waals surface area contributed by atoms with Crippen LogP contribution in [-0.2, 0) is 6.54 Å². The molecule has 0 spiro atoms. The summed E-state index contributed by atoms with van der Waals surface area (Å²) in [6.45, 7) is 5.15. The molecule has 0 fully saturated rings. The Labute approximate surface area is 124 Å². The minimum atomic E-state index is -0.437. The molecule has 0 saturated heterocycles. The fourth-order valence-corrected chi connectivity index (χ4v) is 2.18. The van der Waals surface area contributed by atoms with E-state index in [-0.39, 0.29) is 11.8 Å². The van der Waals surface area contributed by atoms with Crippen LogP contribution in [0.2, 0.25) is 0 Å². The molecule has 1 unspecified atom stereocenters. The molecule has 3 nitrogen and oxygen atoms in total. The van der Waals surface area contributed by atoms with Crippen molar-refractivity contribution >= 4 is 0 Å². The van der Waals surface area contributed by atoms with Crippen molar-refractivity contribution in [2.45, 2.75) is 26.4 Å². The molecule has 0 aliphatic carbocycles. The molecule has 0 saturated carbocycles. The summed E-state index contributed by atoms with van der Waals surface area (Å²) in [5, 5.41) is 13.1. The Morgan fingerprint density at radius 3 is 2.76 bits per heavy atom. The average Bonchev–Trinajstić information content (AvgIpc) is 2.45. The minimum absolute atomic E-state index is 0.0296. The highest BCUT2D eigenvalue weighted by molar-refractivity contribution is 5.35. The summed E-state index contributed by atoms with van der Waals surface area (Å²) in [6, 6.07) is 11.8. The maximum Gasteiger partial charge on any atom is 0.126 e. The van der Waals surface area contributed by atoms with Gasteiger partial charge in [-0.05, 0) is 37.6 Å². The van der Waals surface area contributed by atoms with Crippen LogP contribution in [0.25, 0.3) is 0 Å².